The standard InChI is InChI=1S/C11H12BrN3O3/c1-2-18-11(17)8-3-10-13-5-7(9(16)4-12)6-15(10)14-8/h3,5-6,9,16H,2,4H2,1H3. The van der Waals surface area contributed by atoms with Crippen LogP contribution in [-0.4, -0.2) is 37.6 Å². The van der Waals surface area contributed by atoms with Crippen LogP contribution in [0.1, 0.15) is 29.1 Å². The molecule has 96 valence electrons. The van der Waals surface area contributed by atoms with E-state index in [9.17, 15) is 9.90 Å². The predicted octanol–water partition coefficient (Wildman–Crippen LogP) is 1.33. The van der Waals surface area contributed by atoms with Gasteiger partial charge in [-0.25, -0.2) is 14.3 Å². The highest BCUT2D eigenvalue weighted by Crippen LogP contribution is 2.15. The molecule has 0 radical (unpaired) electrons. The van der Waals surface area contributed by atoms with Gasteiger partial charge < -0.3 is 9.84 Å². The highest BCUT2D eigenvalue weighted by molar-refractivity contribution is 9.09. The van der Waals surface area contributed by atoms with Gasteiger partial charge in [-0.05, 0) is 6.92 Å². The molecular weight excluding hydrogens is 302 g/mol. The molecule has 0 aliphatic carbocycles. The third kappa shape index (κ3) is 2.51. The van der Waals surface area contributed by atoms with Crippen molar-refractivity contribution in [2.24, 2.45) is 0 Å². The Morgan fingerprint density at radius 2 is 2.44 bits per heavy atom. The second kappa shape index (κ2) is 5.45. The van der Waals surface area contributed by atoms with Crippen molar-refractivity contribution in [2.75, 3.05) is 11.9 Å². The highest BCUT2D eigenvalue weighted by atomic mass is 79.9. The summed E-state index contributed by atoms with van der Waals surface area (Å²) in [5.41, 5.74) is 1.36. The normalized spacial score (nSPS) is 12.6. The lowest BCUT2D eigenvalue weighted by Gasteiger charge is -2.05. The molecule has 0 aromatic carbocycles. The van der Waals surface area contributed by atoms with E-state index in [0.29, 0.717) is 23.1 Å². The van der Waals surface area contributed by atoms with Gasteiger partial charge in [0.1, 0.15) is 0 Å². The van der Waals surface area contributed by atoms with Crippen LogP contribution in [0.2, 0.25) is 0 Å². The lowest BCUT2D eigenvalue weighted by molar-refractivity contribution is 0.0519. The van der Waals surface area contributed by atoms with Crippen LogP contribution >= 0.6 is 15.9 Å². The predicted molar refractivity (Wildman–Crippen MR) is 67.7 cm³/mol. The molecule has 0 fully saturated rings. The quantitative estimate of drug-likeness (QED) is 0.680. The van der Waals surface area contributed by atoms with Crippen LogP contribution in [0.15, 0.2) is 18.5 Å². The average molecular weight is 314 g/mol. The van der Waals surface area contributed by atoms with Crippen LogP contribution in [0.25, 0.3) is 5.65 Å². The zero-order chi connectivity index (χ0) is 13.1. The third-order valence-electron chi connectivity index (χ3n) is 2.35. The maximum absolute atomic E-state index is 11.5. The molecule has 0 aliphatic rings. The number of nitrogens with zero attached hydrogens (tertiary/aromatic N) is 3. The number of alkyl halides is 1. The van der Waals surface area contributed by atoms with E-state index in [4.69, 9.17) is 4.74 Å². The van der Waals surface area contributed by atoms with Gasteiger partial charge in [-0.1, -0.05) is 15.9 Å². The van der Waals surface area contributed by atoms with Gasteiger partial charge in [-0.3, -0.25) is 0 Å². The van der Waals surface area contributed by atoms with E-state index in [1.54, 1.807) is 25.4 Å². The number of carbonyl (C=O) groups excluding carboxylic acids is 1. The Hall–Kier alpha value is -1.47. The molecule has 2 aromatic heterocycles. The Bertz CT molecular complexity index is 570. The van der Waals surface area contributed by atoms with Crippen LogP contribution in [0.3, 0.4) is 0 Å². The molecule has 1 atom stereocenters. The van der Waals surface area contributed by atoms with Crippen molar-refractivity contribution in [2.45, 2.75) is 13.0 Å². The fraction of sp³-hybridized carbons (Fsp3) is 0.364. The second-order valence-electron chi connectivity index (χ2n) is 3.61. The molecule has 18 heavy (non-hydrogen) atoms. The van der Waals surface area contributed by atoms with Crippen molar-refractivity contribution in [1.82, 2.24) is 14.6 Å². The SMILES string of the molecule is CCOC(=O)c1cc2ncc(C(O)CBr)cn2n1. The lowest BCUT2D eigenvalue weighted by atomic mass is 10.2. The molecule has 0 saturated carbocycles. The van der Waals surface area contributed by atoms with E-state index in [1.165, 1.54) is 4.52 Å². The lowest BCUT2D eigenvalue weighted by Crippen LogP contribution is -2.06. The molecule has 2 aromatic rings. The number of carbonyl (C=O) groups is 1. The van der Waals surface area contributed by atoms with Gasteiger partial charge in [0.05, 0.1) is 12.7 Å². The van der Waals surface area contributed by atoms with Crippen molar-refractivity contribution < 1.29 is 14.6 Å². The second-order valence-corrected chi connectivity index (χ2v) is 4.26. The summed E-state index contributed by atoms with van der Waals surface area (Å²) in [6, 6.07) is 1.54. The first-order valence-corrected chi connectivity index (χ1v) is 6.54. The summed E-state index contributed by atoms with van der Waals surface area (Å²) in [6.45, 7) is 2.03. The molecule has 1 N–H and O–H groups in total. The summed E-state index contributed by atoms with van der Waals surface area (Å²) >= 11 is 3.18. The molecule has 1 unspecified atom stereocenters. The Morgan fingerprint density at radius 3 is 3.11 bits per heavy atom. The maximum atomic E-state index is 11.5. The van der Waals surface area contributed by atoms with Crippen molar-refractivity contribution in [3.8, 4) is 0 Å². The number of esters is 1. The van der Waals surface area contributed by atoms with Gasteiger partial charge in [-0.15, -0.1) is 0 Å². The minimum absolute atomic E-state index is 0.204. The van der Waals surface area contributed by atoms with E-state index < -0.39 is 12.1 Å². The van der Waals surface area contributed by atoms with Crippen LogP contribution in [0.5, 0.6) is 0 Å². The molecule has 2 heterocycles. The van der Waals surface area contributed by atoms with Gasteiger partial charge in [0.2, 0.25) is 0 Å². The van der Waals surface area contributed by atoms with Crippen LogP contribution in [0, 0.1) is 0 Å². The Balaban J connectivity index is 2.36. The number of aliphatic hydroxyl groups excluding tert-OH is 1. The molecule has 0 aliphatic heterocycles. The van der Waals surface area contributed by atoms with Gasteiger partial charge in [-0.2, -0.15) is 5.10 Å². The Labute approximate surface area is 112 Å². The highest BCUT2D eigenvalue weighted by Gasteiger charge is 2.14. The molecular formula is C11H12BrN3O3. The molecule has 0 amide bonds. The van der Waals surface area contributed by atoms with Crippen molar-refractivity contribution in [3.05, 3.63) is 29.7 Å². The number of rotatable bonds is 4. The Kier molecular flexibility index (Phi) is 3.93. The minimum Gasteiger partial charge on any atom is -0.461 e. The molecule has 0 spiro atoms. The monoisotopic (exact) mass is 313 g/mol. The summed E-state index contributed by atoms with van der Waals surface area (Å²) in [7, 11) is 0. The molecule has 6 nitrogen and oxygen atoms in total. The van der Waals surface area contributed by atoms with Crippen molar-refractivity contribution in [1.29, 1.82) is 0 Å². The first-order valence-electron chi connectivity index (χ1n) is 5.42. The number of hydrogen-bond acceptors (Lipinski definition) is 5. The smallest absolute Gasteiger partial charge is 0.358 e. The summed E-state index contributed by atoms with van der Waals surface area (Å²) in [5.74, 6) is -0.481. The number of ether oxygens (including phenoxy) is 1. The van der Waals surface area contributed by atoms with Crippen molar-refractivity contribution in [3.63, 3.8) is 0 Å². The Morgan fingerprint density at radius 1 is 1.67 bits per heavy atom. The van der Waals surface area contributed by atoms with Gasteiger partial charge in [0, 0.05) is 29.4 Å². The summed E-state index contributed by atoms with van der Waals surface area (Å²) in [4.78, 5) is 15.6. The fourth-order valence-electron chi connectivity index (χ4n) is 1.46. The molecule has 0 bridgehead atoms. The molecule has 0 saturated heterocycles. The minimum atomic E-state index is -0.655. The number of aromatic nitrogens is 3. The van der Waals surface area contributed by atoms with Crippen LogP contribution < -0.4 is 0 Å². The number of fused-ring (bicyclic) bond motifs is 1. The van der Waals surface area contributed by atoms with Crippen LogP contribution in [0.4, 0.5) is 0 Å². The van der Waals surface area contributed by atoms with E-state index >= 15 is 0 Å². The van der Waals surface area contributed by atoms with E-state index in [2.05, 4.69) is 26.0 Å². The van der Waals surface area contributed by atoms with E-state index in [-0.39, 0.29) is 5.69 Å². The van der Waals surface area contributed by atoms with E-state index in [0.717, 1.165) is 0 Å². The number of halogens is 1. The number of hydrogen-bond donors (Lipinski definition) is 1. The zero-order valence-corrected chi connectivity index (χ0v) is 11.3. The molecule has 2 rings (SSSR count). The first-order chi connectivity index (χ1) is 8.65. The van der Waals surface area contributed by atoms with Gasteiger partial charge in [0.15, 0.2) is 11.3 Å². The maximum Gasteiger partial charge on any atom is 0.358 e. The average Bonchev–Trinajstić information content (AvgIpc) is 2.80. The summed E-state index contributed by atoms with van der Waals surface area (Å²) in [5, 5.41) is 14.1. The summed E-state index contributed by atoms with van der Waals surface area (Å²) in [6.07, 6.45) is 2.53. The van der Waals surface area contributed by atoms with Crippen LogP contribution in [-0.2, 0) is 4.74 Å². The molecule has 7 heteroatoms. The largest absolute Gasteiger partial charge is 0.461 e. The van der Waals surface area contributed by atoms with Gasteiger partial charge >= 0.3 is 5.97 Å². The van der Waals surface area contributed by atoms with E-state index in [1.807, 2.05) is 0 Å². The first kappa shape index (κ1) is 13.0. The van der Waals surface area contributed by atoms with Gasteiger partial charge in [0.25, 0.3) is 0 Å². The van der Waals surface area contributed by atoms with Crippen molar-refractivity contribution >= 4 is 27.5 Å². The zero-order valence-electron chi connectivity index (χ0n) is 9.71. The number of aliphatic hydroxyl groups is 1. The topological polar surface area (TPSA) is 76.7 Å². The fourth-order valence-corrected chi connectivity index (χ4v) is 1.83. The third-order valence-corrected chi connectivity index (χ3v) is 2.96. The summed E-state index contributed by atoms with van der Waals surface area (Å²) < 4.78 is 6.31.